The van der Waals surface area contributed by atoms with Gasteiger partial charge in [-0.15, -0.1) is 5.23 Å². The maximum absolute atomic E-state index is 11.4. The van der Waals surface area contributed by atoms with E-state index >= 15 is 0 Å². The van der Waals surface area contributed by atoms with Crippen molar-refractivity contribution in [3.63, 3.8) is 0 Å². The molecule has 8 heteroatoms. The number of hydrogen-bond acceptors (Lipinski definition) is 8. The summed E-state index contributed by atoms with van der Waals surface area (Å²) in [7, 11) is 0. The smallest absolute Gasteiger partial charge is 0.101 e. The molecule has 8 nitrogen and oxygen atoms in total. The predicted octanol–water partition coefficient (Wildman–Crippen LogP) is 1.26. The first-order valence-electron chi connectivity index (χ1n) is 6.36. The van der Waals surface area contributed by atoms with Crippen molar-refractivity contribution < 1.29 is 25.5 Å². The number of carboxylic acid groups (broad SMARTS) is 1. The summed E-state index contributed by atoms with van der Waals surface area (Å²) in [5.41, 5.74) is 0.121. The molecule has 3 N–H and O–H groups in total. The summed E-state index contributed by atoms with van der Waals surface area (Å²) >= 11 is 0. The average molecular weight is 316 g/mol. The molecule has 23 heavy (non-hydrogen) atoms. The van der Waals surface area contributed by atoms with Gasteiger partial charge in [-0.1, -0.05) is 30.3 Å². The van der Waals surface area contributed by atoms with E-state index in [4.69, 9.17) is 15.6 Å². The molecule has 0 unspecified atom stereocenters. The molecule has 0 saturated heterocycles. The van der Waals surface area contributed by atoms with E-state index in [1.165, 1.54) is 42.5 Å². The van der Waals surface area contributed by atoms with Crippen LogP contribution in [-0.4, -0.2) is 21.6 Å². The van der Waals surface area contributed by atoms with Gasteiger partial charge in [-0.25, -0.2) is 0 Å². The van der Waals surface area contributed by atoms with Crippen LogP contribution in [0.1, 0.15) is 11.1 Å². The zero-order chi connectivity index (χ0) is 17.0. The Morgan fingerprint density at radius 1 is 1.00 bits per heavy atom. The first-order valence-corrected chi connectivity index (χ1v) is 6.36. The molecule has 0 aromatic heterocycles. The Bertz CT molecular complexity index is 725. The van der Waals surface area contributed by atoms with E-state index < -0.39 is 5.97 Å². The van der Waals surface area contributed by atoms with Crippen molar-refractivity contribution in [3.8, 4) is 0 Å². The van der Waals surface area contributed by atoms with Crippen molar-refractivity contribution in [2.24, 2.45) is 0 Å². The molecule has 0 atom stereocenters. The maximum atomic E-state index is 11.4. The minimum atomic E-state index is -1.49. The van der Waals surface area contributed by atoms with Gasteiger partial charge in [-0.3, -0.25) is 15.6 Å². The zero-order valence-corrected chi connectivity index (χ0v) is 11.7. The number of carbonyl (C=O) groups is 1. The Kier molecular flexibility index (Phi) is 4.94. The lowest BCUT2D eigenvalue weighted by atomic mass is 10.0. The molecular weight excluding hydrogens is 304 g/mol. The second kappa shape index (κ2) is 6.90. The van der Waals surface area contributed by atoms with Gasteiger partial charge in [0.2, 0.25) is 0 Å². The quantitative estimate of drug-likeness (QED) is 0.427. The summed E-state index contributed by atoms with van der Waals surface area (Å²) in [6.07, 6.45) is 1.20. The van der Waals surface area contributed by atoms with Crippen molar-refractivity contribution in [1.29, 1.82) is 0 Å². The molecule has 2 aromatic carbocycles. The van der Waals surface area contributed by atoms with Gasteiger partial charge in [0.25, 0.3) is 0 Å². The van der Waals surface area contributed by atoms with Gasteiger partial charge in [0.05, 0.1) is 11.7 Å². The summed E-state index contributed by atoms with van der Waals surface area (Å²) < 4.78 is 0. The zero-order valence-electron chi connectivity index (χ0n) is 11.7. The highest BCUT2D eigenvalue weighted by Crippen LogP contribution is 2.25. The minimum absolute atomic E-state index is 0.0241. The van der Waals surface area contributed by atoms with E-state index in [1.54, 1.807) is 12.1 Å². The molecular formula is C15H12N2O6-2. The van der Waals surface area contributed by atoms with Crippen LogP contribution in [0.5, 0.6) is 0 Å². The van der Waals surface area contributed by atoms with E-state index in [2.05, 4.69) is 0 Å². The second-order valence-corrected chi connectivity index (χ2v) is 4.51. The number of anilines is 2. The third-order valence-electron chi connectivity index (χ3n) is 3.07. The second-order valence-electron chi connectivity index (χ2n) is 4.51. The Labute approximate surface area is 130 Å². The molecule has 2 rings (SSSR count). The largest absolute Gasteiger partial charge is 0.733 e. The molecule has 0 aliphatic rings. The number of nitrogens with zero attached hydrogens (tertiary/aromatic N) is 2. The van der Waals surface area contributed by atoms with Gasteiger partial charge >= 0.3 is 0 Å². The van der Waals surface area contributed by atoms with Crippen LogP contribution in [0.25, 0.3) is 11.6 Å². The molecule has 0 bridgehead atoms. The van der Waals surface area contributed by atoms with Crippen molar-refractivity contribution in [1.82, 2.24) is 0 Å². The first-order chi connectivity index (χ1) is 10.9. The van der Waals surface area contributed by atoms with Crippen LogP contribution >= 0.6 is 0 Å². The molecule has 120 valence electrons. The predicted molar refractivity (Wildman–Crippen MR) is 79.4 cm³/mol. The maximum Gasteiger partial charge on any atom is 0.101 e. The van der Waals surface area contributed by atoms with Crippen LogP contribution < -0.4 is 15.6 Å². The lowest BCUT2D eigenvalue weighted by Gasteiger charge is -2.22. The van der Waals surface area contributed by atoms with Crippen molar-refractivity contribution in [3.05, 3.63) is 64.9 Å². The molecule has 0 spiro atoms. The summed E-state index contributed by atoms with van der Waals surface area (Å²) in [5.74, 6) is -1.49. The Morgan fingerprint density at radius 3 is 2.13 bits per heavy atom. The molecule has 0 amide bonds. The summed E-state index contributed by atoms with van der Waals surface area (Å²) in [5, 5.41) is 48.7. The third-order valence-corrected chi connectivity index (χ3v) is 3.07. The standard InChI is InChI=1S/C15H13N2O6/c18-15(19)13(10-5-7-12(8-6-10)16(20)21)9-11-3-1-2-4-14(11)17(22)23/h1-9,20,22-23H,(H,18,19)/q-1/p-1. The minimum Gasteiger partial charge on any atom is -0.733 e. The van der Waals surface area contributed by atoms with Crippen LogP contribution in [0.15, 0.2) is 48.5 Å². The van der Waals surface area contributed by atoms with E-state index in [9.17, 15) is 15.1 Å². The Hall–Kier alpha value is -2.91. The van der Waals surface area contributed by atoms with Crippen LogP contribution in [0, 0.1) is 5.21 Å². The summed E-state index contributed by atoms with van der Waals surface area (Å²) in [6.45, 7) is 0. The molecule has 0 radical (unpaired) electrons. The third kappa shape index (κ3) is 3.84. The van der Waals surface area contributed by atoms with Gasteiger partial charge in [0, 0.05) is 11.1 Å². The number of hydrogen-bond donors (Lipinski definition) is 3. The highest BCUT2D eigenvalue weighted by Gasteiger charge is 2.09. The molecule has 0 saturated carbocycles. The number of benzene rings is 2. The fraction of sp³-hybridized carbons (Fsp3) is 0. The molecule has 0 fully saturated rings. The fourth-order valence-electron chi connectivity index (χ4n) is 1.98. The van der Waals surface area contributed by atoms with E-state index in [1.807, 2.05) is 0 Å². The topological polar surface area (TPSA) is 130 Å². The van der Waals surface area contributed by atoms with Gasteiger partial charge in [0.1, 0.15) is 5.69 Å². The highest BCUT2D eigenvalue weighted by molar-refractivity contribution is 6.20. The van der Waals surface area contributed by atoms with E-state index in [0.717, 1.165) is 0 Å². The van der Waals surface area contributed by atoms with Gasteiger partial charge in [-0.2, -0.15) is 0 Å². The van der Waals surface area contributed by atoms with E-state index in [-0.39, 0.29) is 38.5 Å². The number of para-hydroxylation sites is 1. The number of aliphatic carboxylic acids is 1. The first kappa shape index (κ1) is 16.5. The summed E-state index contributed by atoms with van der Waals surface area (Å²) in [6, 6.07) is 11.1. The van der Waals surface area contributed by atoms with Crippen LogP contribution in [-0.2, 0) is 4.79 Å². The number of carboxylic acids is 1. The van der Waals surface area contributed by atoms with Crippen molar-refractivity contribution in [2.45, 2.75) is 0 Å². The number of rotatable bonds is 5. The van der Waals surface area contributed by atoms with Crippen LogP contribution in [0.4, 0.5) is 11.4 Å². The molecule has 2 aromatic rings. The van der Waals surface area contributed by atoms with Crippen LogP contribution in [0.2, 0.25) is 0 Å². The Morgan fingerprint density at radius 2 is 1.61 bits per heavy atom. The number of carbonyl (C=O) groups excluding carboxylic acids is 1. The van der Waals surface area contributed by atoms with Crippen molar-refractivity contribution >= 4 is 29.0 Å². The molecule has 0 aliphatic carbocycles. The Balaban J connectivity index is 2.49. The fourth-order valence-corrected chi connectivity index (χ4v) is 1.98. The normalized spacial score (nSPS) is 11.2. The van der Waals surface area contributed by atoms with Gasteiger partial charge in [-0.05, 0) is 29.8 Å². The summed E-state index contributed by atoms with van der Waals surface area (Å²) in [4.78, 5) is 11.4. The monoisotopic (exact) mass is 316 g/mol. The highest BCUT2D eigenvalue weighted by atomic mass is 16.8. The average Bonchev–Trinajstić information content (AvgIpc) is 2.52. The SMILES string of the molecule is O=C([O-])C(=Cc1ccccc1N(O)O)c1ccc(N([O-])O)cc1. The lowest BCUT2D eigenvalue weighted by Crippen LogP contribution is -2.23. The lowest BCUT2D eigenvalue weighted by molar-refractivity contribution is -0.295. The van der Waals surface area contributed by atoms with Gasteiger partial charge < -0.3 is 20.3 Å². The molecule has 0 heterocycles. The van der Waals surface area contributed by atoms with Gasteiger partial charge in [0.15, 0.2) is 0 Å². The van der Waals surface area contributed by atoms with Crippen molar-refractivity contribution in [2.75, 3.05) is 10.5 Å². The molecule has 0 aliphatic heterocycles. The van der Waals surface area contributed by atoms with Crippen LogP contribution in [0.3, 0.4) is 0 Å². The van der Waals surface area contributed by atoms with E-state index in [0.29, 0.717) is 0 Å².